The van der Waals surface area contributed by atoms with Gasteiger partial charge in [0.25, 0.3) is 0 Å². The number of aryl methyl sites for hydroxylation is 1. The van der Waals surface area contributed by atoms with Gasteiger partial charge in [-0.3, -0.25) is 4.79 Å². The van der Waals surface area contributed by atoms with Crippen molar-refractivity contribution in [2.45, 2.75) is 32.2 Å². The molecule has 0 spiro atoms. The number of carbonyl (C=O) groups is 1. The second-order valence-corrected chi connectivity index (χ2v) is 8.16. The van der Waals surface area contributed by atoms with Crippen LogP contribution in [0.15, 0.2) is 17.5 Å². The van der Waals surface area contributed by atoms with Crippen molar-refractivity contribution in [2.24, 2.45) is 5.92 Å². The van der Waals surface area contributed by atoms with Crippen molar-refractivity contribution in [1.82, 2.24) is 4.31 Å². The Kier molecular flexibility index (Phi) is 4.82. The van der Waals surface area contributed by atoms with Gasteiger partial charge in [-0.2, -0.15) is 4.31 Å². The topological polar surface area (TPSA) is 74.7 Å². The molecule has 1 N–H and O–H groups in total. The average Bonchev–Trinajstić information content (AvgIpc) is 2.89. The van der Waals surface area contributed by atoms with E-state index in [1.165, 1.54) is 15.6 Å². The van der Waals surface area contributed by atoms with E-state index in [0.29, 0.717) is 25.8 Å². The number of thiophene rings is 1. The molecule has 5 nitrogen and oxygen atoms in total. The fraction of sp³-hybridized carbons (Fsp3) is 0.615. The van der Waals surface area contributed by atoms with Gasteiger partial charge in [-0.25, -0.2) is 8.42 Å². The number of sulfonamides is 1. The molecule has 112 valence electrons. The summed E-state index contributed by atoms with van der Waals surface area (Å²) >= 11 is 1.54. The lowest BCUT2D eigenvalue weighted by atomic mass is 9.92. The number of carboxylic acids is 1. The molecule has 1 aliphatic heterocycles. The standard InChI is InChI=1S/C13H19NO4S2/c1-10-12(13(15)16)5-2-7-14(10)20(17,18)9-6-11-4-3-8-19-11/h3-4,8,10,12H,2,5-7,9H2,1H3,(H,15,16)/t10-,12-/m1/s1. The first-order valence-corrected chi connectivity index (χ1v) is 9.15. The minimum Gasteiger partial charge on any atom is -0.481 e. The Morgan fingerprint density at radius 3 is 2.90 bits per heavy atom. The SMILES string of the molecule is C[C@@H]1[C@H](C(=O)O)CCCN1S(=O)(=O)CCc1cccs1. The monoisotopic (exact) mass is 317 g/mol. The highest BCUT2D eigenvalue weighted by atomic mass is 32.2. The van der Waals surface area contributed by atoms with Gasteiger partial charge in [0.05, 0.1) is 11.7 Å². The molecule has 0 unspecified atom stereocenters. The molecule has 1 aliphatic rings. The van der Waals surface area contributed by atoms with Gasteiger partial charge in [0.15, 0.2) is 0 Å². The third-order valence-corrected chi connectivity index (χ3v) is 6.68. The molecular formula is C13H19NO4S2. The van der Waals surface area contributed by atoms with Crippen LogP contribution in [0.25, 0.3) is 0 Å². The van der Waals surface area contributed by atoms with Crippen molar-refractivity contribution in [3.8, 4) is 0 Å². The quantitative estimate of drug-likeness (QED) is 0.898. The number of hydrogen-bond donors (Lipinski definition) is 1. The summed E-state index contributed by atoms with van der Waals surface area (Å²) in [6, 6.07) is 3.35. The van der Waals surface area contributed by atoms with Gasteiger partial charge in [0, 0.05) is 17.5 Å². The molecule has 20 heavy (non-hydrogen) atoms. The van der Waals surface area contributed by atoms with E-state index in [9.17, 15) is 13.2 Å². The molecular weight excluding hydrogens is 298 g/mol. The van der Waals surface area contributed by atoms with E-state index in [0.717, 1.165) is 4.88 Å². The van der Waals surface area contributed by atoms with Gasteiger partial charge >= 0.3 is 5.97 Å². The molecule has 1 fully saturated rings. The second kappa shape index (κ2) is 6.24. The highest BCUT2D eigenvalue weighted by molar-refractivity contribution is 7.89. The maximum Gasteiger partial charge on any atom is 0.308 e. The van der Waals surface area contributed by atoms with E-state index >= 15 is 0 Å². The normalized spacial score (nSPS) is 24.6. The molecule has 0 radical (unpaired) electrons. The predicted molar refractivity (Wildman–Crippen MR) is 78.3 cm³/mol. The van der Waals surface area contributed by atoms with Gasteiger partial charge < -0.3 is 5.11 Å². The molecule has 2 rings (SSSR count). The summed E-state index contributed by atoms with van der Waals surface area (Å²) in [5.74, 6) is -1.46. The molecule has 7 heteroatoms. The van der Waals surface area contributed by atoms with E-state index in [1.807, 2.05) is 17.5 Å². The molecule has 1 aromatic heterocycles. The smallest absolute Gasteiger partial charge is 0.308 e. The van der Waals surface area contributed by atoms with E-state index in [4.69, 9.17) is 5.11 Å². The zero-order valence-corrected chi connectivity index (χ0v) is 13.0. The maximum absolute atomic E-state index is 12.4. The number of carboxylic acid groups (broad SMARTS) is 1. The minimum atomic E-state index is -3.40. The predicted octanol–water partition coefficient (Wildman–Crippen LogP) is 1.81. The second-order valence-electron chi connectivity index (χ2n) is 5.08. The Morgan fingerprint density at radius 2 is 2.30 bits per heavy atom. The lowest BCUT2D eigenvalue weighted by Crippen LogP contribution is -2.49. The highest BCUT2D eigenvalue weighted by Crippen LogP contribution is 2.26. The third-order valence-electron chi connectivity index (χ3n) is 3.79. The molecule has 0 aromatic carbocycles. The van der Waals surface area contributed by atoms with Crippen LogP contribution < -0.4 is 0 Å². The minimum absolute atomic E-state index is 0.0458. The fourth-order valence-corrected chi connectivity index (χ4v) is 5.25. The van der Waals surface area contributed by atoms with Crippen LogP contribution >= 0.6 is 11.3 Å². The van der Waals surface area contributed by atoms with Crippen LogP contribution in [0.2, 0.25) is 0 Å². The van der Waals surface area contributed by atoms with E-state index in [-0.39, 0.29) is 5.75 Å². The number of hydrogen-bond acceptors (Lipinski definition) is 4. The van der Waals surface area contributed by atoms with E-state index in [2.05, 4.69) is 0 Å². The van der Waals surface area contributed by atoms with Gasteiger partial charge in [0.2, 0.25) is 10.0 Å². The van der Waals surface area contributed by atoms with E-state index < -0.39 is 28.0 Å². The van der Waals surface area contributed by atoms with Crippen molar-refractivity contribution < 1.29 is 18.3 Å². The number of aliphatic carboxylic acids is 1. The first kappa shape index (κ1) is 15.5. The van der Waals surface area contributed by atoms with Gasteiger partial charge in [-0.05, 0) is 37.6 Å². The zero-order valence-electron chi connectivity index (χ0n) is 11.4. The molecule has 1 saturated heterocycles. The molecule has 2 heterocycles. The molecule has 0 saturated carbocycles. The average molecular weight is 317 g/mol. The van der Waals surface area contributed by atoms with Crippen LogP contribution in [0.5, 0.6) is 0 Å². The van der Waals surface area contributed by atoms with Crippen molar-refractivity contribution >= 4 is 27.3 Å². The zero-order chi connectivity index (χ0) is 14.8. The van der Waals surface area contributed by atoms with E-state index in [1.54, 1.807) is 6.92 Å². The van der Waals surface area contributed by atoms with Gasteiger partial charge in [0.1, 0.15) is 0 Å². The number of nitrogens with zero attached hydrogens (tertiary/aromatic N) is 1. The Hall–Kier alpha value is -0.920. The highest BCUT2D eigenvalue weighted by Gasteiger charge is 2.38. The van der Waals surface area contributed by atoms with Crippen LogP contribution in [0, 0.1) is 5.92 Å². The largest absolute Gasteiger partial charge is 0.481 e. The maximum atomic E-state index is 12.4. The summed E-state index contributed by atoms with van der Waals surface area (Å²) in [6.45, 7) is 2.12. The molecule has 0 aliphatic carbocycles. The Bertz CT molecular complexity index is 553. The number of rotatable bonds is 5. The summed E-state index contributed by atoms with van der Waals surface area (Å²) in [5.41, 5.74) is 0. The lowest BCUT2D eigenvalue weighted by Gasteiger charge is -2.36. The summed E-state index contributed by atoms with van der Waals surface area (Å²) in [6.07, 6.45) is 1.65. The molecule has 1 aromatic rings. The third kappa shape index (κ3) is 3.39. The Morgan fingerprint density at radius 1 is 1.55 bits per heavy atom. The van der Waals surface area contributed by atoms with Crippen LogP contribution in [-0.2, 0) is 21.2 Å². The van der Waals surface area contributed by atoms with Crippen LogP contribution in [0.3, 0.4) is 0 Å². The number of piperidine rings is 1. The van der Waals surface area contributed by atoms with Crippen LogP contribution in [-0.4, -0.2) is 42.1 Å². The van der Waals surface area contributed by atoms with Crippen molar-refractivity contribution in [2.75, 3.05) is 12.3 Å². The summed E-state index contributed by atoms with van der Waals surface area (Å²) < 4.78 is 26.2. The van der Waals surface area contributed by atoms with Gasteiger partial charge in [-0.15, -0.1) is 11.3 Å². The van der Waals surface area contributed by atoms with Gasteiger partial charge in [-0.1, -0.05) is 6.07 Å². The van der Waals surface area contributed by atoms with Crippen molar-refractivity contribution in [1.29, 1.82) is 0 Å². The van der Waals surface area contributed by atoms with Crippen LogP contribution in [0.4, 0.5) is 0 Å². The first-order valence-electron chi connectivity index (χ1n) is 6.66. The first-order chi connectivity index (χ1) is 9.42. The summed E-state index contributed by atoms with van der Waals surface area (Å²) in [7, 11) is -3.40. The Labute approximate surface area is 123 Å². The van der Waals surface area contributed by atoms with Crippen LogP contribution in [0.1, 0.15) is 24.6 Å². The molecule has 0 amide bonds. The fourth-order valence-electron chi connectivity index (χ4n) is 2.64. The van der Waals surface area contributed by atoms with Crippen molar-refractivity contribution in [3.05, 3.63) is 22.4 Å². The Balaban J connectivity index is 2.06. The molecule has 2 atom stereocenters. The summed E-state index contributed by atoms with van der Waals surface area (Å²) in [4.78, 5) is 12.2. The van der Waals surface area contributed by atoms with Crippen molar-refractivity contribution in [3.63, 3.8) is 0 Å². The molecule has 0 bridgehead atoms. The summed E-state index contributed by atoms with van der Waals surface area (Å²) in [5, 5.41) is 11.1. The lowest BCUT2D eigenvalue weighted by molar-refractivity contribution is -0.144.